The standard InChI is InChI=1S/C16H30N2O/c19-11-8-16-13-17(12-14-6-7-14)9-10-18(16)15-4-2-1-3-5-15/h14-16,19H,1-13H2/t16-/m1/s1. The van der Waals surface area contributed by atoms with Gasteiger partial charge in [-0.25, -0.2) is 0 Å². The molecule has 0 spiro atoms. The molecule has 1 saturated heterocycles. The Morgan fingerprint density at radius 2 is 1.74 bits per heavy atom. The van der Waals surface area contributed by atoms with Crippen molar-refractivity contribution < 1.29 is 5.11 Å². The summed E-state index contributed by atoms with van der Waals surface area (Å²) in [5, 5.41) is 9.37. The van der Waals surface area contributed by atoms with E-state index in [4.69, 9.17) is 0 Å². The Bertz CT molecular complexity index is 274. The lowest BCUT2D eigenvalue weighted by Gasteiger charge is -2.46. The van der Waals surface area contributed by atoms with Crippen LogP contribution in [0, 0.1) is 5.92 Å². The topological polar surface area (TPSA) is 26.7 Å². The molecule has 2 saturated carbocycles. The number of piperazine rings is 1. The molecule has 3 heteroatoms. The number of aliphatic hydroxyl groups is 1. The van der Waals surface area contributed by atoms with Crippen molar-refractivity contribution in [3.05, 3.63) is 0 Å². The maximum atomic E-state index is 9.37. The van der Waals surface area contributed by atoms with Gasteiger partial charge >= 0.3 is 0 Å². The lowest BCUT2D eigenvalue weighted by Crippen LogP contribution is -2.57. The lowest BCUT2D eigenvalue weighted by molar-refractivity contribution is 0.0150. The van der Waals surface area contributed by atoms with Crippen molar-refractivity contribution in [3.8, 4) is 0 Å². The summed E-state index contributed by atoms with van der Waals surface area (Å²) >= 11 is 0. The molecule has 3 rings (SSSR count). The largest absolute Gasteiger partial charge is 0.396 e. The maximum Gasteiger partial charge on any atom is 0.0446 e. The van der Waals surface area contributed by atoms with Gasteiger partial charge in [-0.2, -0.15) is 0 Å². The lowest BCUT2D eigenvalue weighted by atomic mass is 9.92. The van der Waals surface area contributed by atoms with Gasteiger partial charge in [0.2, 0.25) is 0 Å². The van der Waals surface area contributed by atoms with E-state index in [1.807, 2.05) is 0 Å². The van der Waals surface area contributed by atoms with Gasteiger partial charge < -0.3 is 10.0 Å². The Morgan fingerprint density at radius 3 is 2.42 bits per heavy atom. The molecule has 110 valence electrons. The van der Waals surface area contributed by atoms with E-state index in [9.17, 15) is 5.11 Å². The third-order valence-corrected chi connectivity index (χ3v) is 5.33. The molecule has 1 atom stereocenters. The summed E-state index contributed by atoms with van der Waals surface area (Å²) in [4.78, 5) is 5.41. The zero-order chi connectivity index (χ0) is 13.1. The molecule has 0 aromatic heterocycles. The van der Waals surface area contributed by atoms with Gasteiger partial charge in [-0.15, -0.1) is 0 Å². The van der Waals surface area contributed by atoms with Crippen LogP contribution in [0.4, 0.5) is 0 Å². The molecule has 0 radical (unpaired) electrons. The molecule has 2 aliphatic carbocycles. The van der Waals surface area contributed by atoms with Gasteiger partial charge in [0.15, 0.2) is 0 Å². The summed E-state index contributed by atoms with van der Waals surface area (Å²) in [6.07, 6.45) is 10.9. The molecule has 0 unspecified atom stereocenters. The average molecular weight is 266 g/mol. The van der Waals surface area contributed by atoms with E-state index in [1.165, 1.54) is 71.1 Å². The first-order valence-corrected chi connectivity index (χ1v) is 8.46. The van der Waals surface area contributed by atoms with Crippen molar-refractivity contribution in [2.75, 3.05) is 32.8 Å². The van der Waals surface area contributed by atoms with Gasteiger partial charge in [-0.1, -0.05) is 19.3 Å². The zero-order valence-corrected chi connectivity index (χ0v) is 12.3. The third kappa shape index (κ3) is 3.71. The Kier molecular flexibility index (Phi) is 4.78. The molecule has 0 bridgehead atoms. The molecule has 1 N–H and O–H groups in total. The minimum absolute atomic E-state index is 0.352. The summed E-state index contributed by atoms with van der Waals surface area (Å²) in [7, 11) is 0. The summed E-state index contributed by atoms with van der Waals surface area (Å²) in [6.45, 7) is 5.37. The first kappa shape index (κ1) is 13.8. The van der Waals surface area contributed by atoms with Gasteiger partial charge in [0.1, 0.15) is 0 Å². The van der Waals surface area contributed by atoms with Crippen LogP contribution in [-0.2, 0) is 0 Å². The van der Waals surface area contributed by atoms with Gasteiger partial charge in [0, 0.05) is 44.9 Å². The number of hydrogen-bond donors (Lipinski definition) is 1. The fraction of sp³-hybridized carbons (Fsp3) is 1.00. The monoisotopic (exact) mass is 266 g/mol. The summed E-state index contributed by atoms with van der Waals surface area (Å²) in [5.74, 6) is 0.996. The quantitative estimate of drug-likeness (QED) is 0.825. The normalized spacial score (nSPS) is 31.7. The second-order valence-corrected chi connectivity index (χ2v) is 6.90. The minimum atomic E-state index is 0.352. The molecule has 1 aliphatic heterocycles. The summed E-state index contributed by atoms with van der Waals surface area (Å²) < 4.78 is 0. The van der Waals surface area contributed by atoms with Crippen molar-refractivity contribution in [2.45, 2.75) is 63.5 Å². The van der Waals surface area contributed by atoms with Gasteiger partial charge in [0.25, 0.3) is 0 Å². The Hall–Kier alpha value is -0.120. The van der Waals surface area contributed by atoms with Crippen molar-refractivity contribution >= 4 is 0 Å². The number of hydrogen-bond acceptors (Lipinski definition) is 3. The van der Waals surface area contributed by atoms with E-state index >= 15 is 0 Å². The SMILES string of the molecule is OCC[C@@H]1CN(CC2CC2)CCN1C1CCCCC1. The van der Waals surface area contributed by atoms with E-state index in [0.717, 1.165) is 18.4 Å². The third-order valence-electron chi connectivity index (χ3n) is 5.33. The fourth-order valence-electron chi connectivity index (χ4n) is 4.06. The van der Waals surface area contributed by atoms with Crippen molar-refractivity contribution in [2.24, 2.45) is 5.92 Å². The molecule has 3 nitrogen and oxygen atoms in total. The van der Waals surface area contributed by atoms with Crippen LogP contribution in [0.5, 0.6) is 0 Å². The Balaban J connectivity index is 1.56. The predicted octanol–water partition coefficient (Wildman–Crippen LogP) is 2.10. The van der Waals surface area contributed by atoms with E-state index in [1.54, 1.807) is 0 Å². The van der Waals surface area contributed by atoms with Crippen LogP contribution < -0.4 is 0 Å². The molecular formula is C16H30N2O. The highest BCUT2D eigenvalue weighted by Crippen LogP contribution is 2.32. The van der Waals surface area contributed by atoms with Crippen LogP contribution in [0.2, 0.25) is 0 Å². The van der Waals surface area contributed by atoms with Gasteiger partial charge in [-0.3, -0.25) is 4.90 Å². The highest BCUT2D eigenvalue weighted by atomic mass is 16.3. The summed E-state index contributed by atoms with van der Waals surface area (Å²) in [6, 6.07) is 1.42. The van der Waals surface area contributed by atoms with Gasteiger partial charge in [-0.05, 0) is 38.0 Å². The molecule has 0 amide bonds. The zero-order valence-electron chi connectivity index (χ0n) is 12.3. The molecule has 0 aromatic carbocycles. The smallest absolute Gasteiger partial charge is 0.0446 e. The van der Waals surface area contributed by atoms with E-state index < -0.39 is 0 Å². The molecular weight excluding hydrogens is 236 g/mol. The highest BCUT2D eigenvalue weighted by Gasteiger charge is 2.34. The fourth-order valence-corrected chi connectivity index (χ4v) is 4.06. The van der Waals surface area contributed by atoms with E-state index in [2.05, 4.69) is 9.80 Å². The van der Waals surface area contributed by atoms with Crippen LogP contribution in [0.1, 0.15) is 51.4 Å². The van der Waals surface area contributed by atoms with Crippen molar-refractivity contribution in [1.82, 2.24) is 9.80 Å². The Morgan fingerprint density at radius 1 is 0.947 bits per heavy atom. The molecule has 3 fully saturated rings. The first-order valence-electron chi connectivity index (χ1n) is 8.46. The minimum Gasteiger partial charge on any atom is -0.396 e. The second kappa shape index (κ2) is 6.55. The van der Waals surface area contributed by atoms with Crippen LogP contribution in [-0.4, -0.2) is 59.8 Å². The van der Waals surface area contributed by atoms with E-state index in [-0.39, 0.29) is 0 Å². The van der Waals surface area contributed by atoms with Gasteiger partial charge in [0.05, 0.1) is 0 Å². The first-order chi connectivity index (χ1) is 9.36. The summed E-state index contributed by atoms with van der Waals surface area (Å²) in [5.41, 5.74) is 0. The van der Waals surface area contributed by atoms with Crippen molar-refractivity contribution in [3.63, 3.8) is 0 Å². The molecule has 19 heavy (non-hydrogen) atoms. The van der Waals surface area contributed by atoms with Crippen LogP contribution in [0.25, 0.3) is 0 Å². The predicted molar refractivity (Wildman–Crippen MR) is 78.2 cm³/mol. The molecule has 0 aromatic rings. The molecule has 1 heterocycles. The second-order valence-electron chi connectivity index (χ2n) is 6.90. The van der Waals surface area contributed by atoms with Crippen LogP contribution >= 0.6 is 0 Å². The maximum absolute atomic E-state index is 9.37. The van der Waals surface area contributed by atoms with Crippen LogP contribution in [0.15, 0.2) is 0 Å². The Labute approximate surface area is 118 Å². The van der Waals surface area contributed by atoms with Crippen LogP contribution in [0.3, 0.4) is 0 Å². The van der Waals surface area contributed by atoms with E-state index in [0.29, 0.717) is 12.6 Å². The number of rotatable bonds is 5. The average Bonchev–Trinajstić information content (AvgIpc) is 3.24. The van der Waals surface area contributed by atoms with Crippen molar-refractivity contribution in [1.29, 1.82) is 0 Å². The molecule has 3 aliphatic rings. The highest BCUT2D eigenvalue weighted by molar-refractivity contribution is 4.89. The number of aliphatic hydroxyl groups excluding tert-OH is 1. The number of nitrogens with zero attached hydrogens (tertiary/aromatic N) is 2.